The van der Waals surface area contributed by atoms with Crippen molar-refractivity contribution in [3.05, 3.63) is 53.5 Å². The predicted molar refractivity (Wildman–Crippen MR) is 69.6 cm³/mol. The Morgan fingerprint density at radius 3 is 2.60 bits per heavy atom. The van der Waals surface area contributed by atoms with Gasteiger partial charge in [0.15, 0.2) is 5.82 Å². The van der Waals surface area contributed by atoms with Gasteiger partial charge in [-0.05, 0) is 23.8 Å². The topological polar surface area (TPSA) is 95.1 Å². The molecule has 1 aromatic carbocycles. The van der Waals surface area contributed by atoms with Crippen molar-refractivity contribution in [2.45, 2.75) is 0 Å². The summed E-state index contributed by atoms with van der Waals surface area (Å²) in [5.41, 5.74) is 0.539. The molecule has 20 heavy (non-hydrogen) atoms. The van der Waals surface area contributed by atoms with E-state index in [1.54, 1.807) is 0 Å². The van der Waals surface area contributed by atoms with Gasteiger partial charge in [-0.3, -0.25) is 9.89 Å². The summed E-state index contributed by atoms with van der Waals surface area (Å²) >= 11 is 0. The van der Waals surface area contributed by atoms with Crippen LogP contribution < -0.4 is 5.32 Å². The summed E-state index contributed by atoms with van der Waals surface area (Å²) in [4.78, 5) is 22.2. The van der Waals surface area contributed by atoms with Crippen LogP contribution in [0.1, 0.15) is 16.1 Å². The maximum absolute atomic E-state index is 12.7. The molecule has 102 valence electrons. The zero-order valence-electron chi connectivity index (χ0n) is 10.1. The highest BCUT2D eigenvalue weighted by molar-refractivity contribution is 6.01. The number of anilines is 1. The Labute approximate surface area is 112 Å². The van der Waals surface area contributed by atoms with Crippen molar-refractivity contribution >= 4 is 23.8 Å². The van der Waals surface area contributed by atoms with E-state index in [4.69, 9.17) is 5.11 Å². The molecule has 1 heterocycles. The van der Waals surface area contributed by atoms with Gasteiger partial charge >= 0.3 is 5.97 Å². The van der Waals surface area contributed by atoms with Crippen molar-refractivity contribution < 1.29 is 19.1 Å². The highest BCUT2D eigenvalue weighted by Crippen LogP contribution is 2.07. The van der Waals surface area contributed by atoms with Crippen LogP contribution in [-0.4, -0.2) is 27.2 Å². The minimum atomic E-state index is -1.17. The van der Waals surface area contributed by atoms with Crippen LogP contribution >= 0.6 is 0 Å². The van der Waals surface area contributed by atoms with Gasteiger partial charge in [0.25, 0.3) is 0 Å². The lowest BCUT2D eigenvalue weighted by Gasteiger charge is -1.96. The van der Waals surface area contributed by atoms with Crippen molar-refractivity contribution in [3.8, 4) is 0 Å². The van der Waals surface area contributed by atoms with Crippen LogP contribution in [0.15, 0.2) is 36.4 Å². The van der Waals surface area contributed by atoms with Crippen LogP contribution in [0.4, 0.5) is 10.2 Å². The standard InChI is InChI=1S/C13H10FN3O3/c14-9-4-1-8(2-5-9)3-6-12(18)15-11-7-10(13(19)20)16-17-11/h1-7H,(H,19,20)(H2,15,16,17,18). The van der Waals surface area contributed by atoms with Gasteiger partial charge in [-0.25, -0.2) is 9.18 Å². The number of carboxylic acid groups (broad SMARTS) is 1. The van der Waals surface area contributed by atoms with E-state index in [1.807, 2.05) is 0 Å². The molecular weight excluding hydrogens is 265 g/mol. The molecule has 0 unspecified atom stereocenters. The summed E-state index contributed by atoms with van der Waals surface area (Å²) in [6.45, 7) is 0. The Morgan fingerprint density at radius 1 is 1.30 bits per heavy atom. The summed E-state index contributed by atoms with van der Waals surface area (Å²) in [6, 6.07) is 6.81. The molecule has 0 atom stereocenters. The Kier molecular flexibility index (Phi) is 3.90. The van der Waals surface area contributed by atoms with Crippen LogP contribution in [0, 0.1) is 5.82 Å². The second kappa shape index (κ2) is 5.79. The fraction of sp³-hybridized carbons (Fsp3) is 0. The summed E-state index contributed by atoms with van der Waals surface area (Å²) < 4.78 is 12.7. The number of nitrogens with zero attached hydrogens (tertiary/aromatic N) is 1. The molecule has 0 radical (unpaired) electrons. The SMILES string of the molecule is O=C(C=Cc1ccc(F)cc1)Nc1cc(C(=O)O)[nH]n1. The lowest BCUT2D eigenvalue weighted by Crippen LogP contribution is -2.07. The fourth-order valence-corrected chi connectivity index (χ4v) is 1.41. The van der Waals surface area contributed by atoms with Crippen LogP contribution in [0.25, 0.3) is 6.08 Å². The number of hydrogen-bond acceptors (Lipinski definition) is 3. The number of nitrogens with one attached hydrogen (secondary N) is 2. The molecule has 0 saturated heterocycles. The molecule has 2 rings (SSSR count). The van der Waals surface area contributed by atoms with Gasteiger partial charge in [-0.1, -0.05) is 12.1 Å². The quantitative estimate of drug-likeness (QED) is 0.742. The maximum atomic E-state index is 12.7. The Hall–Kier alpha value is -2.96. The Morgan fingerprint density at radius 2 is 2.00 bits per heavy atom. The molecule has 3 N–H and O–H groups in total. The molecule has 2 aromatic rings. The first-order valence-corrected chi connectivity index (χ1v) is 5.58. The Balaban J connectivity index is 1.97. The third-order valence-corrected chi connectivity index (χ3v) is 2.36. The van der Waals surface area contributed by atoms with Gasteiger partial charge in [0, 0.05) is 12.1 Å². The van der Waals surface area contributed by atoms with Crippen LogP contribution in [0.2, 0.25) is 0 Å². The van der Waals surface area contributed by atoms with E-state index in [-0.39, 0.29) is 17.3 Å². The molecule has 0 spiro atoms. The van der Waals surface area contributed by atoms with E-state index in [0.717, 1.165) is 0 Å². The predicted octanol–water partition coefficient (Wildman–Crippen LogP) is 1.90. The number of benzene rings is 1. The van der Waals surface area contributed by atoms with Gasteiger partial charge in [0.2, 0.25) is 5.91 Å². The van der Waals surface area contributed by atoms with E-state index in [1.165, 1.54) is 42.5 Å². The summed E-state index contributed by atoms with van der Waals surface area (Å²) in [6.07, 6.45) is 2.74. The van der Waals surface area contributed by atoms with Gasteiger partial charge in [-0.15, -0.1) is 0 Å². The molecular formula is C13H10FN3O3. The molecule has 0 saturated carbocycles. The molecule has 0 bridgehead atoms. The number of carboxylic acids is 1. The number of aromatic carboxylic acids is 1. The number of rotatable bonds is 4. The third-order valence-electron chi connectivity index (χ3n) is 2.36. The number of aromatic amines is 1. The first-order chi connectivity index (χ1) is 9.54. The molecule has 7 heteroatoms. The lowest BCUT2D eigenvalue weighted by atomic mass is 10.2. The number of hydrogen-bond donors (Lipinski definition) is 3. The smallest absolute Gasteiger partial charge is 0.353 e. The largest absolute Gasteiger partial charge is 0.477 e. The summed E-state index contributed by atoms with van der Waals surface area (Å²) in [5.74, 6) is -1.89. The second-order valence-corrected chi connectivity index (χ2v) is 3.85. The number of amides is 1. The van der Waals surface area contributed by atoms with Crippen LogP contribution in [-0.2, 0) is 4.79 Å². The third kappa shape index (κ3) is 3.52. The van der Waals surface area contributed by atoms with Gasteiger partial charge in [0.1, 0.15) is 11.5 Å². The molecule has 0 aliphatic rings. The number of H-pyrrole nitrogens is 1. The van der Waals surface area contributed by atoms with Gasteiger partial charge in [0.05, 0.1) is 0 Å². The molecule has 0 fully saturated rings. The van der Waals surface area contributed by atoms with Gasteiger partial charge in [-0.2, -0.15) is 5.10 Å². The molecule has 0 aliphatic carbocycles. The first-order valence-electron chi connectivity index (χ1n) is 5.58. The summed E-state index contributed by atoms with van der Waals surface area (Å²) in [5, 5.41) is 17.0. The van der Waals surface area contributed by atoms with Gasteiger partial charge < -0.3 is 10.4 Å². The highest BCUT2D eigenvalue weighted by Gasteiger charge is 2.08. The highest BCUT2D eigenvalue weighted by atomic mass is 19.1. The maximum Gasteiger partial charge on any atom is 0.353 e. The van der Waals surface area contributed by atoms with Crippen LogP contribution in [0.5, 0.6) is 0 Å². The number of carbonyl (C=O) groups is 2. The van der Waals surface area contributed by atoms with E-state index in [0.29, 0.717) is 5.56 Å². The number of carbonyl (C=O) groups excluding carboxylic acids is 1. The molecule has 1 amide bonds. The van der Waals surface area contributed by atoms with E-state index < -0.39 is 11.9 Å². The van der Waals surface area contributed by atoms with E-state index >= 15 is 0 Å². The van der Waals surface area contributed by atoms with Crippen molar-refractivity contribution in [1.29, 1.82) is 0 Å². The average Bonchev–Trinajstić information content (AvgIpc) is 2.87. The minimum absolute atomic E-state index is 0.108. The monoisotopic (exact) mass is 275 g/mol. The van der Waals surface area contributed by atoms with Crippen LogP contribution in [0.3, 0.4) is 0 Å². The minimum Gasteiger partial charge on any atom is -0.477 e. The normalized spacial score (nSPS) is 10.7. The van der Waals surface area contributed by atoms with E-state index in [9.17, 15) is 14.0 Å². The first kappa shape index (κ1) is 13.5. The molecule has 0 aliphatic heterocycles. The Bertz CT molecular complexity index is 662. The fourth-order valence-electron chi connectivity index (χ4n) is 1.41. The zero-order chi connectivity index (χ0) is 14.5. The zero-order valence-corrected chi connectivity index (χ0v) is 10.1. The number of aromatic nitrogens is 2. The van der Waals surface area contributed by atoms with Crippen molar-refractivity contribution in [2.24, 2.45) is 0 Å². The lowest BCUT2D eigenvalue weighted by molar-refractivity contribution is -0.111. The molecule has 6 nitrogen and oxygen atoms in total. The van der Waals surface area contributed by atoms with Crippen molar-refractivity contribution in [3.63, 3.8) is 0 Å². The van der Waals surface area contributed by atoms with E-state index in [2.05, 4.69) is 15.5 Å². The second-order valence-electron chi connectivity index (χ2n) is 3.85. The summed E-state index contributed by atoms with van der Waals surface area (Å²) in [7, 11) is 0. The van der Waals surface area contributed by atoms with Crippen molar-refractivity contribution in [2.75, 3.05) is 5.32 Å². The van der Waals surface area contributed by atoms with Crippen molar-refractivity contribution in [1.82, 2.24) is 10.2 Å². The number of halogens is 1. The average molecular weight is 275 g/mol. The molecule has 1 aromatic heterocycles.